The molecule has 1 rings (SSSR count). The summed E-state index contributed by atoms with van der Waals surface area (Å²) in [7, 11) is 0. The molecule has 1 N–H and O–H groups in total. The highest BCUT2D eigenvalue weighted by Gasteiger charge is 2.24. The first-order valence-corrected chi connectivity index (χ1v) is 4.54. The smallest absolute Gasteiger partial charge is 0.203 e. The SMILES string of the molecule is CCCCc1c(F)c(F)c(O)c(F)c1F. The van der Waals surface area contributed by atoms with Gasteiger partial charge < -0.3 is 5.11 Å². The molecular formula is C10H10F4O. The highest BCUT2D eigenvalue weighted by atomic mass is 19.2. The summed E-state index contributed by atoms with van der Waals surface area (Å²) >= 11 is 0. The Bertz CT molecular complexity index is 347. The van der Waals surface area contributed by atoms with Gasteiger partial charge in [0.25, 0.3) is 0 Å². The van der Waals surface area contributed by atoms with E-state index in [2.05, 4.69) is 0 Å². The van der Waals surface area contributed by atoms with Gasteiger partial charge in [0.2, 0.25) is 11.6 Å². The van der Waals surface area contributed by atoms with Gasteiger partial charge in [0, 0.05) is 5.56 Å². The second-order valence-electron chi connectivity index (χ2n) is 3.19. The van der Waals surface area contributed by atoms with Crippen molar-refractivity contribution in [1.29, 1.82) is 0 Å². The standard InChI is InChI=1S/C10H10F4O/c1-2-3-4-5-6(11)8(13)10(15)9(14)7(5)12/h15H,2-4H2,1H3. The van der Waals surface area contributed by atoms with Crippen molar-refractivity contribution >= 4 is 0 Å². The van der Waals surface area contributed by atoms with Gasteiger partial charge in [-0.3, -0.25) is 0 Å². The third kappa shape index (κ3) is 2.06. The van der Waals surface area contributed by atoms with Crippen LogP contribution >= 0.6 is 0 Å². The first-order chi connectivity index (χ1) is 7.00. The number of hydrogen-bond acceptors (Lipinski definition) is 1. The predicted octanol–water partition coefficient (Wildman–Crippen LogP) is 3.29. The minimum atomic E-state index is -1.74. The molecule has 0 bridgehead atoms. The zero-order valence-corrected chi connectivity index (χ0v) is 8.08. The van der Waals surface area contributed by atoms with Crippen molar-refractivity contribution in [2.75, 3.05) is 0 Å². The molecule has 0 aromatic heterocycles. The molecule has 0 fully saturated rings. The number of benzene rings is 1. The van der Waals surface area contributed by atoms with Crippen molar-refractivity contribution in [3.05, 3.63) is 28.8 Å². The predicted molar refractivity (Wildman–Crippen MR) is 46.6 cm³/mol. The van der Waals surface area contributed by atoms with Crippen LogP contribution in [0.4, 0.5) is 17.6 Å². The van der Waals surface area contributed by atoms with Gasteiger partial charge in [0.1, 0.15) is 0 Å². The first kappa shape index (κ1) is 11.8. The number of rotatable bonds is 3. The van der Waals surface area contributed by atoms with E-state index >= 15 is 0 Å². The fourth-order valence-corrected chi connectivity index (χ4v) is 1.24. The van der Waals surface area contributed by atoms with E-state index in [1.54, 1.807) is 6.92 Å². The summed E-state index contributed by atoms with van der Waals surface area (Å²) in [6, 6.07) is 0. The number of phenolic OH excluding ortho intramolecular Hbond substituents is 1. The monoisotopic (exact) mass is 222 g/mol. The van der Waals surface area contributed by atoms with Crippen LogP contribution in [-0.2, 0) is 6.42 Å². The van der Waals surface area contributed by atoms with Gasteiger partial charge in [-0.2, -0.15) is 8.78 Å². The topological polar surface area (TPSA) is 20.2 Å². The van der Waals surface area contributed by atoms with Crippen LogP contribution in [0.25, 0.3) is 0 Å². The summed E-state index contributed by atoms with van der Waals surface area (Å²) in [6.45, 7) is 1.78. The fraction of sp³-hybridized carbons (Fsp3) is 0.400. The van der Waals surface area contributed by atoms with E-state index in [-0.39, 0.29) is 6.42 Å². The van der Waals surface area contributed by atoms with Crippen LogP contribution in [0.3, 0.4) is 0 Å². The summed E-state index contributed by atoms with van der Waals surface area (Å²) in [6.07, 6.45) is 0.961. The van der Waals surface area contributed by atoms with E-state index in [0.717, 1.165) is 0 Å². The number of hydrogen-bond donors (Lipinski definition) is 1. The zero-order chi connectivity index (χ0) is 11.6. The maximum absolute atomic E-state index is 13.1. The fourth-order valence-electron chi connectivity index (χ4n) is 1.24. The van der Waals surface area contributed by atoms with Crippen molar-refractivity contribution in [3.8, 4) is 5.75 Å². The van der Waals surface area contributed by atoms with Crippen LogP contribution < -0.4 is 0 Å². The third-order valence-electron chi connectivity index (χ3n) is 2.11. The van der Waals surface area contributed by atoms with Crippen LogP contribution in [0.15, 0.2) is 0 Å². The van der Waals surface area contributed by atoms with Gasteiger partial charge in [-0.05, 0) is 12.8 Å². The molecule has 0 amide bonds. The summed E-state index contributed by atoms with van der Waals surface area (Å²) < 4.78 is 51.8. The lowest BCUT2D eigenvalue weighted by molar-refractivity contribution is 0.350. The molecule has 5 heteroatoms. The van der Waals surface area contributed by atoms with Crippen LogP contribution in [0.2, 0.25) is 0 Å². The van der Waals surface area contributed by atoms with Crippen molar-refractivity contribution in [2.24, 2.45) is 0 Å². The number of unbranched alkanes of at least 4 members (excludes halogenated alkanes) is 1. The Morgan fingerprint density at radius 2 is 1.40 bits per heavy atom. The number of halogens is 4. The largest absolute Gasteiger partial charge is 0.503 e. The van der Waals surface area contributed by atoms with Crippen molar-refractivity contribution in [2.45, 2.75) is 26.2 Å². The first-order valence-electron chi connectivity index (χ1n) is 4.54. The molecule has 1 aromatic rings. The van der Waals surface area contributed by atoms with Crippen LogP contribution in [0, 0.1) is 23.3 Å². The van der Waals surface area contributed by atoms with E-state index < -0.39 is 34.6 Å². The molecule has 84 valence electrons. The summed E-state index contributed by atoms with van der Waals surface area (Å²) in [5, 5.41) is 8.69. The minimum Gasteiger partial charge on any atom is -0.503 e. The second-order valence-corrected chi connectivity index (χ2v) is 3.19. The summed E-state index contributed by atoms with van der Waals surface area (Å²) in [4.78, 5) is 0. The lowest BCUT2D eigenvalue weighted by Gasteiger charge is -2.07. The molecular weight excluding hydrogens is 212 g/mol. The molecule has 0 spiro atoms. The second kappa shape index (κ2) is 4.51. The Hall–Kier alpha value is -1.26. The average molecular weight is 222 g/mol. The molecule has 1 nitrogen and oxygen atoms in total. The van der Waals surface area contributed by atoms with Gasteiger partial charge in [-0.25, -0.2) is 8.78 Å². The Kier molecular flexibility index (Phi) is 3.55. The molecule has 15 heavy (non-hydrogen) atoms. The van der Waals surface area contributed by atoms with Gasteiger partial charge in [0.05, 0.1) is 0 Å². The molecule has 0 unspecified atom stereocenters. The highest BCUT2D eigenvalue weighted by molar-refractivity contribution is 5.33. The van der Waals surface area contributed by atoms with Crippen LogP contribution in [-0.4, -0.2) is 5.11 Å². The third-order valence-corrected chi connectivity index (χ3v) is 2.11. The van der Waals surface area contributed by atoms with E-state index in [0.29, 0.717) is 12.8 Å². The Balaban J connectivity index is 3.26. The lowest BCUT2D eigenvalue weighted by Crippen LogP contribution is -2.03. The molecule has 0 radical (unpaired) electrons. The number of phenols is 1. The Morgan fingerprint density at radius 3 is 1.80 bits per heavy atom. The van der Waals surface area contributed by atoms with Gasteiger partial charge in [0.15, 0.2) is 17.4 Å². The summed E-state index contributed by atoms with van der Waals surface area (Å²) in [5.41, 5.74) is -0.648. The van der Waals surface area contributed by atoms with Gasteiger partial charge in [-0.15, -0.1) is 0 Å². The van der Waals surface area contributed by atoms with Crippen molar-refractivity contribution < 1.29 is 22.7 Å². The van der Waals surface area contributed by atoms with Gasteiger partial charge >= 0.3 is 0 Å². The maximum Gasteiger partial charge on any atom is 0.203 e. The molecule has 0 aliphatic rings. The maximum atomic E-state index is 13.1. The van der Waals surface area contributed by atoms with Crippen LogP contribution in [0.5, 0.6) is 5.75 Å². The van der Waals surface area contributed by atoms with Crippen molar-refractivity contribution in [1.82, 2.24) is 0 Å². The Labute approximate surface area is 84.3 Å². The lowest BCUT2D eigenvalue weighted by atomic mass is 10.1. The zero-order valence-electron chi connectivity index (χ0n) is 8.08. The quantitative estimate of drug-likeness (QED) is 0.614. The highest BCUT2D eigenvalue weighted by Crippen LogP contribution is 2.29. The van der Waals surface area contributed by atoms with E-state index in [1.807, 2.05) is 0 Å². The Morgan fingerprint density at radius 1 is 0.933 bits per heavy atom. The minimum absolute atomic E-state index is 0.0950. The molecule has 0 aliphatic heterocycles. The number of aromatic hydroxyl groups is 1. The van der Waals surface area contributed by atoms with Crippen molar-refractivity contribution in [3.63, 3.8) is 0 Å². The van der Waals surface area contributed by atoms with E-state index in [1.165, 1.54) is 0 Å². The summed E-state index contributed by atoms with van der Waals surface area (Å²) in [5.74, 6) is -8.11. The molecule has 1 aromatic carbocycles. The van der Waals surface area contributed by atoms with E-state index in [4.69, 9.17) is 5.11 Å². The molecule has 0 atom stereocenters. The molecule has 0 aliphatic carbocycles. The van der Waals surface area contributed by atoms with E-state index in [9.17, 15) is 17.6 Å². The molecule has 0 saturated heterocycles. The van der Waals surface area contributed by atoms with Gasteiger partial charge in [-0.1, -0.05) is 13.3 Å². The average Bonchev–Trinajstić information content (AvgIpc) is 2.24. The normalized spacial score (nSPS) is 10.7. The molecule has 0 heterocycles. The molecule has 0 saturated carbocycles. The van der Waals surface area contributed by atoms with Crippen LogP contribution in [0.1, 0.15) is 25.3 Å².